The molecule has 0 saturated carbocycles. The summed E-state index contributed by atoms with van der Waals surface area (Å²) in [5.41, 5.74) is 3.58. The Morgan fingerprint density at radius 2 is 1.94 bits per heavy atom. The van der Waals surface area contributed by atoms with Gasteiger partial charge < -0.3 is 9.80 Å². The minimum atomic E-state index is -0.262. The molecule has 8 heteroatoms. The maximum absolute atomic E-state index is 12.6. The molecule has 2 aromatic heterocycles. The van der Waals surface area contributed by atoms with Crippen LogP contribution in [0.2, 0.25) is 5.02 Å². The van der Waals surface area contributed by atoms with Crippen LogP contribution in [0.1, 0.15) is 23.3 Å². The lowest BCUT2D eigenvalue weighted by Crippen LogP contribution is -2.58. The molecule has 0 aliphatic carbocycles. The molecule has 1 aromatic carbocycles. The van der Waals surface area contributed by atoms with Crippen molar-refractivity contribution in [1.29, 1.82) is 0 Å². The third-order valence-corrected chi connectivity index (χ3v) is 7.34. The van der Waals surface area contributed by atoms with Crippen molar-refractivity contribution in [3.05, 3.63) is 58.7 Å². The molecule has 6 nitrogen and oxygen atoms in total. The second-order valence-corrected chi connectivity index (χ2v) is 9.80. The van der Waals surface area contributed by atoms with Crippen LogP contribution in [0.4, 0.5) is 10.8 Å². The number of rotatable bonds is 4. The molecule has 0 unspecified atom stereocenters. The first-order valence-corrected chi connectivity index (χ1v) is 11.7. The smallest absolute Gasteiger partial charge is 0.276 e. The zero-order chi connectivity index (χ0) is 21.4. The van der Waals surface area contributed by atoms with Gasteiger partial charge >= 0.3 is 0 Å². The fraction of sp³-hybridized carbons (Fsp3) is 0.348. The number of hydrogen-bond acceptors (Lipinski definition) is 6. The summed E-state index contributed by atoms with van der Waals surface area (Å²) < 4.78 is 0. The van der Waals surface area contributed by atoms with E-state index in [9.17, 15) is 4.79 Å². The number of halogens is 1. The zero-order valence-corrected chi connectivity index (χ0v) is 18.9. The molecule has 5 rings (SSSR count). The Hall–Kier alpha value is -2.48. The highest BCUT2D eigenvalue weighted by Gasteiger charge is 2.43. The first-order valence-electron chi connectivity index (χ1n) is 10.4. The molecule has 0 atom stereocenters. The molecule has 0 bridgehead atoms. The lowest BCUT2D eigenvalue weighted by atomic mass is 9.72. The van der Waals surface area contributed by atoms with E-state index in [0.29, 0.717) is 21.3 Å². The number of nitrogens with zero attached hydrogens (tertiary/aromatic N) is 4. The van der Waals surface area contributed by atoms with Gasteiger partial charge in [0.2, 0.25) is 0 Å². The molecule has 0 radical (unpaired) electrons. The average molecular weight is 454 g/mol. The van der Waals surface area contributed by atoms with Crippen LogP contribution in [0, 0.1) is 5.41 Å². The number of carbonyl (C=O) groups is 1. The summed E-state index contributed by atoms with van der Waals surface area (Å²) >= 11 is 7.61. The Bertz CT molecular complexity index is 1080. The highest BCUT2D eigenvalue weighted by atomic mass is 35.5. The van der Waals surface area contributed by atoms with Gasteiger partial charge in [0.15, 0.2) is 5.13 Å². The van der Waals surface area contributed by atoms with Gasteiger partial charge in [-0.25, -0.2) is 9.97 Å². The summed E-state index contributed by atoms with van der Waals surface area (Å²) in [6, 6.07) is 11.3. The van der Waals surface area contributed by atoms with Crippen LogP contribution >= 0.6 is 22.9 Å². The van der Waals surface area contributed by atoms with Gasteiger partial charge in [0, 0.05) is 42.1 Å². The number of likely N-dealkylation sites (tertiary alicyclic amines) is 1. The molecule has 1 N–H and O–H groups in total. The van der Waals surface area contributed by atoms with Crippen LogP contribution in [0.5, 0.6) is 0 Å². The van der Waals surface area contributed by atoms with E-state index in [1.807, 2.05) is 35.7 Å². The third-order valence-electron chi connectivity index (χ3n) is 6.25. The van der Waals surface area contributed by atoms with E-state index in [2.05, 4.69) is 32.1 Å². The van der Waals surface area contributed by atoms with Crippen LogP contribution in [0.3, 0.4) is 0 Å². The summed E-state index contributed by atoms with van der Waals surface area (Å²) in [4.78, 5) is 26.3. The van der Waals surface area contributed by atoms with E-state index in [-0.39, 0.29) is 5.91 Å². The summed E-state index contributed by atoms with van der Waals surface area (Å²) in [7, 11) is 2.19. The number of hydrogen-bond donors (Lipinski definition) is 1. The van der Waals surface area contributed by atoms with Crippen molar-refractivity contribution in [3.8, 4) is 11.3 Å². The van der Waals surface area contributed by atoms with Crippen molar-refractivity contribution >= 4 is 39.7 Å². The van der Waals surface area contributed by atoms with Crippen molar-refractivity contribution in [2.24, 2.45) is 5.41 Å². The summed E-state index contributed by atoms with van der Waals surface area (Å²) in [6.07, 6.45) is 4.24. The normalized spacial score (nSPS) is 18.1. The van der Waals surface area contributed by atoms with Crippen molar-refractivity contribution in [2.75, 3.05) is 43.4 Å². The SMILES string of the molecule is CN1CC2(CCN(c3ccc(C(=O)Nc4nc(-c5ccccc5Cl)cs4)nc3)CC2)C1. The van der Waals surface area contributed by atoms with Gasteiger partial charge in [-0.2, -0.15) is 0 Å². The molecule has 31 heavy (non-hydrogen) atoms. The maximum Gasteiger partial charge on any atom is 0.276 e. The molecule has 2 aliphatic rings. The van der Waals surface area contributed by atoms with Gasteiger partial charge in [0.1, 0.15) is 5.69 Å². The van der Waals surface area contributed by atoms with Crippen molar-refractivity contribution in [2.45, 2.75) is 12.8 Å². The molecule has 3 aromatic rings. The van der Waals surface area contributed by atoms with Crippen molar-refractivity contribution in [3.63, 3.8) is 0 Å². The highest BCUT2D eigenvalue weighted by Crippen LogP contribution is 2.40. The predicted octanol–water partition coefficient (Wildman–Crippen LogP) is 4.64. The largest absolute Gasteiger partial charge is 0.370 e. The molecular formula is C23H24ClN5OS. The first kappa shape index (κ1) is 20.4. The highest BCUT2D eigenvalue weighted by molar-refractivity contribution is 7.14. The topological polar surface area (TPSA) is 61.4 Å². The van der Waals surface area contributed by atoms with Gasteiger partial charge in [-0.05, 0) is 43.5 Å². The van der Waals surface area contributed by atoms with E-state index >= 15 is 0 Å². The third kappa shape index (κ3) is 4.18. The molecular weight excluding hydrogens is 430 g/mol. The maximum atomic E-state index is 12.6. The van der Waals surface area contributed by atoms with E-state index < -0.39 is 0 Å². The Balaban J connectivity index is 1.21. The van der Waals surface area contributed by atoms with Crippen LogP contribution in [-0.4, -0.2) is 54.0 Å². The van der Waals surface area contributed by atoms with Crippen LogP contribution in [0.15, 0.2) is 48.0 Å². The minimum Gasteiger partial charge on any atom is -0.370 e. The van der Waals surface area contributed by atoms with Gasteiger partial charge in [0.05, 0.1) is 17.6 Å². The van der Waals surface area contributed by atoms with E-state index in [1.165, 1.54) is 37.3 Å². The summed E-state index contributed by atoms with van der Waals surface area (Å²) in [5.74, 6) is -0.262. The standard InChI is InChI=1S/C23H24ClN5OS/c1-28-14-23(15-28)8-10-29(11-9-23)16-6-7-19(25-12-16)21(30)27-22-26-20(13-31-22)17-4-2-3-5-18(17)24/h2-7,12-13H,8-11,14-15H2,1H3,(H,26,27,30). The fourth-order valence-corrected chi connectivity index (χ4v) is 5.58. The summed E-state index contributed by atoms with van der Waals surface area (Å²) in [6.45, 7) is 4.52. The second-order valence-electron chi connectivity index (χ2n) is 8.53. The lowest BCUT2D eigenvalue weighted by molar-refractivity contribution is 0.00131. The van der Waals surface area contributed by atoms with Gasteiger partial charge in [-0.15, -0.1) is 11.3 Å². The Kier molecular flexibility index (Phi) is 5.42. The van der Waals surface area contributed by atoms with E-state index in [4.69, 9.17) is 11.6 Å². The monoisotopic (exact) mass is 453 g/mol. The Morgan fingerprint density at radius 3 is 2.61 bits per heavy atom. The number of thiazole rings is 1. The zero-order valence-electron chi connectivity index (χ0n) is 17.3. The molecule has 2 fully saturated rings. The molecule has 4 heterocycles. The van der Waals surface area contributed by atoms with Crippen molar-refractivity contribution in [1.82, 2.24) is 14.9 Å². The number of pyridine rings is 1. The number of nitrogens with one attached hydrogen (secondary N) is 1. The first-order chi connectivity index (χ1) is 15.0. The number of benzene rings is 1. The molecule has 1 spiro atoms. The average Bonchev–Trinajstić information content (AvgIpc) is 3.22. The number of amides is 1. The minimum absolute atomic E-state index is 0.262. The summed E-state index contributed by atoms with van der Waals surface area (Å²) in [5, 5.41) is 5.89. The molecule has 160 valence electrons. The fourth-order valence-electron chi connectivity index (χ4n) is 4.65. The molecule has 2 aliphatic heterocycles. The number of carbonyl (C=O) groups excluding carboxylic acids is 1. The Morgan fingerprint density at radius 1 is 1.16 bits per heavy atom. The second kappa shape index (κ2) is 8.22. The van der Waals surface area contributed by atoms with Gasteiger partial charge in [-0.3, -0.25) is 10.1 Å². The lowest BCUT2D eigenvalue weighted by Gasteiger charge is -2.53. The molecule has 2 saturated heterocycles. The number of piperidine rings is 1. The number of aromatic nitrogens is 2. The van der Waals surface area contributed by atoms with E-state index in [0.717, 1.165) is 30.0 Å². The Labute approximate surface area is 190 Å². The predicted molar refractivity (Wildman–Crippen MR) is 126 cm³/mol. The van der Waals surface area contributed by atoms with Crippen molar-refractivity contribution < 1.29 is 4.79 Å². The van der Waals surface area contributed by atoms with Gasteiger partial charge in [-0.1, -0.05) is 29.8 Å². The van der Waals surface area contributed by atoms with Crippen LogP contribution in [-0.2, 0) is 0 Å². The number of anilines is 2. The quantitative estimate of drug-likeness (QED) is 0.623. The molecule has 1 amide bonds. The van der Waals surface area contributed by atoms with Crippen LogP contribution in [0.25, 0.3) is 11.3 Å². The van der Waals surface area contributed by atoms with Gasteiger partial charge in [0.25, 0.3) is 5.91 Å². The van der Waals surface area contributed by atoms with E-state index in [1.54, 1.807) is 12.3 Å². The van der Waals surface area contributed by atoms with Crippen LogP contribution < -0.4 is 10.2 Å².